The van der Waals surface area contributed by atoms with E-state index in [0.717, 1.165) is 18.2 Å². The Bertz CT molecular complexity index is 1380. The van der Waals surface area contributed by atoms with E-state index in [0.29, 0.717) is 9.80 Å². The molecule has 4 amide bonds. The SMILES string of the molecule is CC(C)(C)OC(=O)N(C(=O)OC(C)(C)C)c1cc(OCc2ccccc2OC(F)(F)F)cc(N(C(=O)OC(C)(C)C)C(=O)OC(C)(C)C)n1. The highest BCUT2D eigenvalue weighted by atomic mass is 19.4. The quantitative estimate of drug-likeness (QED) is 0.267. The number of aromatic nitrogens is 1. The second kappa shape index (κ2) is 14.8. The van der Waals surface area contributed by atoms with Gasteiger partial charge in [0.2, 0.25) is 0 Å². The van der Waals surface area contributed by atoms with Crippen molar-refractivity contribution < 1.29 is 60.8 Å². The summed E-state index contributed by atoms with van der Waals surface area (Å²) in [6.45, 7) is 18.0. The first-order valence-electron chi connectivity index (χ1n) is 15.0. The Morgan fingerprint density at radius 2 is 0.959 bits per heavy atom. The number of pyridine rings is 1. The predicted molar refractivity (Wildman–Crippen MR) is 172 cm³/mol. The molecular weight excluding hydrogens is 655 g/mol. The topological polar surface area (TPSA) is 143 Å². The molecule has 0 radical (unpaired) electrons. The predicted octanol–water partition coefficient (Wildman–Crippen LogP) is 8.91. The van der Waals surface area contributed by atoms with Crippen molar-refractivity contribution in [1.29, 1.82) is 0 Å². The number of para-hydroxylation sites is 1. The number of anilines is 2. The molecule has 16 heteroatoms. The lowest BCUT2D eigenvalue weighted by molar-refractivity contribution is -0.275. The van der Waals surface area contributed by atoms with E-state index in [4.69, 9.17) is 23.7 Å². The highest BCUT2D eigenvalue weighted by Gasteiger charge is 2.38. The number of benzene rings is 1. The molecule has 0 spiro atoms. The van der Waals surface area contributed by atoms with Gasteiger partial charge in [-0.1, -0.05) is 18.2 Å². The van der Waals surface area contributed by atoms with Crippen molar-refractivity contribution >= 4 is 36.0 Å². The van der Waals surface area contributed by atoms with Crippen molar-refractivity contribution in [2.45, 2.75) is 118 Å². The summed E-state index contributed by atoms with van der Waals surface area (Å²) in [5, 5.41) is 0. The second-order valence-corrected chi connectivity index (χ2v) is 14.6. The normalized spacial score (nSPS) is 12.4. The third kappa shape index (κ3) is 14.1. The maximum atomic E-state index is 13.5. The summed E-state index contributed by atoms with van der Waals surface area (Å²) in [6, 6.07) is 7.29. The molecule has 0 bridgehead atoms. The minimum absolute atomic E-state index is 0.0491. The Morgan fingerprint density at radius 3 is 1.29 bits per heavy atom. The molecule has 0 saturated carbocycles. The lowest BCUT2D eigenvalue weighted by Crippen LogP contribution is -2.45. The van der Waals surface area contributed by atoms with E-state index in [1.165, 1.54) is 18.2 Å². The fraction of sp³-hybridized carbons (Fsp3) is 0.545. The molecule has 2 aromatic rings. The minimum Gasteiger partial charge on any atom is -0.488 e. The number of hydrogen-bond acceptors (Lipinski definition) is 11. The van der Waals surface area contributed by atoms with E-state index >= 15 is 0 Å². The zero-order valence-electron chi connectivity index (χ0n) is 29.7. The summed E-state index contributed by atoms with van der Waals surface area (Å²) in [5.41, 5.74) is -4.51. The Balaban J connectivity index is 2.86. The summed E-state index contributed by atoms with van der Waals surface area (Å²) in [7, 11) is 0. The van der Waals surface area contributed by atoms with Crippen LogP contribution in [-0.4, -0.2) is 58.1 Å². The van der Waals surface area contributed by atoms with Gasteiger partial charge in [-0.2, -0.15) is 9.80 Å². The molecule has 0 saturated heterocycles. The Kier molecular flexibility index (Phi) is 12.2. The van der Waals surface area contributed by atoms with Crippen LogP contribution in [-0.2, 0) is 25.6 Å². The van der Waals surface area contributed by atoms with Crippen LogP contribution in [0.1, 0.15) is 88.6 Å². The first-order valence-corrected chi connectivity index (χ1v) is 15.0. The molecule has 272 valence electrons. The van der Waals surface area contributed by atoms with E-state index in [1.54, 1.807) is 83.1 Å². The van der Waals surface area contributed by atoms with Crippen molar-refractivity contribution in [1.82, 2.24) is 4.98 Å². The van der Waals surface area contributed by atoms with Gasteiger partial charge in [0.05, 0.1) is 0 Å². The van der Waals surface area contributed by atoms with Crippen LogP contribution in [0.5, 0.6) is 11.5 Å². The number of alkyl halides is 3. The molecule has 0 aliphatic rings. The minimum atomic E-state index is -5.00. The third-order valence-electron chi connectivity index (χ3n) is 5.13. The fourth-order valence-electron chi connectivity index (χ4n) is 3.55. The van der Waals surface area contributed by atoms with Gasteiger partial charge in [0.15, 0.2) is 11.6 Å². The van der Waals surface area contributed by atoms with Crippen molar-refractivity contribution in [3.63, 3.8) is 0 Å². The van der Waals surface area contributed by atoms with Gasteiger partial charge in [0.25, 0.3) is 0 Å². The molecule has 1 aromatic carbocycles. The summed E-state index contributed by atoms with van der Waals surface area (Å²) in [6.07, 6.45) is -10.00. The molecule has 1 heterocycles. The van der Waals surface area contributed by atoms with E-state index in [-0.39, 0.29) is 11.3 Å². The summed E-state index contributed by atoms with van der Waals surface area (Å²) in [5.74, 6) is -1.92. The molecule has 2 rings (SSSR count). The highest BCUT2D eigenvalue weighted by Crippen LogP contribution is 2.32. The Morgan fingerprint density at radius 1 is 0.612 bits per heavy atom. The van der Waals surface area contributed by atoms with Gasteiger partial charge in [-0.05, 0) is 89.2 Å². The van der Waals surface area contributed by atoms with Crippen LogP contribution in [0.4, 0.5) is 44.0 Å². The molecule has 0 fully saturated rings. The standard InChI is InChI=1S/C33H44F3N3O10/c1-29(2,3)46-25(40)38(26(41)47-30(4,5)6)23-17-21(44-19-20-15-13-14-16-22(20)45-33(34,35)36)18-24(37-23)39(27(42)48-31(7,8)9)28(43)49-32(10,11)12/h13-18H,19H2,1-12H3. The average Bonchev–Trinajstić information content (AvgIpc) is 2.83. The number of nitrogens with zero attached hydrogens (tertiary/aromatic N) is 3. The van der Waals surface area contributed by atoms with Crippen LogP contribution in [0.25, 0.3) is 0 Å². The Labute approximate surface area is 283 Å². The number of carbonyl (C=O) groups is 4. The van der Waals surface area contributed by atoms with Crippen LogP contribution in [0.3, 0.4) is 0 Å². The van der Waals surface area contributed by atoms with Crippen molar-refractivity contribution in [3.05, 3.63) is 42.0 Å². The van der Waals surface area contributed by atoms with E-state index in [1.807, 2.05) is 0 Å². The van der Waals surface area contributed by atoms with Gasteiger partial charge in [0, 0.05) is 17.7 Å². The zero-order chi connectivity index (χ0) is 37.8. The van der Waals surface area contributed by atoms with Gasteiger partial charge in [-0.3, -0.25) is 0 Å². The molecular formula is C33H44F3N3O10. The van der Waals surface area contributed by atoms with E-state index in [9.17, 15) is 32.3 Å². The number of ether oxygens (including phenoxy) is 6. The maximum absolute atomic E-state index is 13.5. The summed E-state index contributed by atoms with van der Waals surface area (Å²) >= 11 is 0. The first-order chi connectivity index (χ1) is 22.0. The first kappa shape index (κ1) is 40.4. The molecule has 1 aromatic heterocycles. The van der Waals surface area contributed by atoms with Gasteiger partial charge in [-0.15, -0.1) is 13.2 Å². The Hall–Kier alpha value is -4.76. The monoisotopic (exact) mass is 699 g/mol. The number of imide groups is 2. The van der Waals surface area contributed by atoms with E-state index < -0.39 is 77.1 Å². The van der Waals surface area contributed by atoms with Gasteiger partial charge in [0.1, 0.15) is 40.5 Å². The average molecular weight is 700 g/mol. The smallest absolute Gasteiger partial charge is 0.488 e. The third-order valence-corrected chi connectivity index (χ3v) is 5.13. The number of carbonyl (C=O) groups excluding carboxylic acids is 4. The van der Waals surface area contributed by atoms with Crippen LogP contribution >= 0.6 is 0 Å². The van der Waals surface area contributed by atoms with Crippen LogP contribution in [0.15, 0.2) is 36.4 Å². The van der Waals surface area contributed by atoms with E-state index in [2.05, 4.69) is 9.72 Å². The second-order valence-electron chi connectivity index (χ2n) is 14.6. The fourth-order valence-corrected chi connectivity index (χ4v) is 3.55. The molecule has 0 atom stereocenters. The molecule has 0 aliphatic carbocycles. The summed E-state index contributed by atoms with van der Waals surface area (Å²) < 4.78 is 70.9. The zero-order valence-corrected chi connectivity index (χ0v) is 29.7. The lowest BCUT2D eigenvalue weighted by Gasteiger charge is -2.30. The molecule has 0 N–H and O–H groups in total. The van der Waals surface area contributed by atoms with Crippen molar-refractivity contribution in [3.8, 4) is 11.5 Å². The molecule has 0 unspecified atom stereocenters. The number of rotatable bonds is 6. The van der Waals surface area contributed by atoms with Gasteiger partial charge in [-0.25, -0.2) is 24.2 Å². The highest BCUT2D eigenvalue weighted by molar-refractivity contribution is 6.11. The number of hydrogen-bond donors (Lipinski definition) is 0. The largest absolute Gasteiger partial charge is 0.573 e. The summed E-state index contributed by atoms with van der Waals surface area (Å²) in [4.78, 5) is 59.0. The maximum Gasteiger partial charge on any atom is 0.573 e. The van der Waals surface area contributed by atoms with Gasteiger partial charge >= 0.3 is 30.7 Å². The number of amides is 4. The van der Waals surface area contributed by atoms with Crippen LogP contribution in [0, 0.1) is 0 Å². The van der Waals surface area contributed by atoms with Crippen molar-refractivity contribution in [2.75, 3.05) is 9.80 Å². The molecule has 0 aliphatic heterocycles. The molecule has 49 heavy (non-hydrogen) atoms. The van der Waals surface area contributed by atoms with Gasteiger partial charge < -0.3 is 28.4 Å². The lowest BCUT2D eigenvalue weighted by atomic mass is 10.2. The molecule has 13 nitrogen and oxygen atoms in total. The van der Waals surface area contributed by atoms with Crippen LogP contribution in [0.2, 0.25) is 0 Å². The van der Waals surface area contributed by atoms with Crippen molar-refractivity contribution in [2.24, 2.45) is 0 Å². The van der Waals surface area contributed by atoms with Crippen LogP contribution < -0.4 is 19.3 Å². The number of halogens is 3.